The van der Waals surface area contributed by atoms with Crippen molar-refractivity contribution in [3.05, 3.63) is 174 Å². The van der Waals surface area contributed by atoms with Gasteiger partial charge in [-0.2, -0.15) is 5.10 Å². The molecule has 2 aliphatic heterocycles. The van der Waals surface area contributed by atoms with E-state index in [1.165, 1.54) is 53.5 Å². The van der Waals surface area contributed by atoms with E-state index >= 15 is 0 Å². The van der Waals surface area contributed by atoms with Gasteiger partial charge < -0.3 is 20.9 Å². The van der Waals surface area contributed by atoms with E-state index in [0.717, 1.165) is 142 Å². The van der Waals surface area contributed by atoms with Crippen molar-refractivity contribution in [2.24, 2.45) is 18.9 Å². The fourth-order valence-corrected chi connectivity index (χ4v) is 11.6. The number of nitrogens with one attached hydrogen (secondary N) is 3. The molecule has 11 heteroatoms. The van der Waals surface area contributed by atoms with Gasteiger partial charge >= 0.3 is 0 Å². The van der Waals surface area contributed by atoms with E-state index in [-0.39, 0.29) is 5.92 Å². The van der Waals surface area contributed by atoms with Crippen LogP contribution in [0.25, 0.3) is 44.1 Å². The third-order valence-electron chi connectivity index (χ3n) is 14.7. The zero-order chi connectivity index (χ0) is 49.6. The number of anilines is 3. The largest absolute Gasteiger partial charge is 0.391 e. The quantitative estimate of drug-likeness (QED) is 0.0608. The Morgan fingerprint density at radius 1 is 0.887 bits per heavy atom. The number of benzene rings is 3. The second-order valence-corrected chi connectivity index (χ2v) is 20.8. The molecule has 9 rings (SSSR count). The molecular formula is C60H70N10S. The number of likely N-dealkylation sites (tertiary alicyclic amines) is 1. The van der Waals surface area contributed by atoms with E-state index in [1.807, 2.05) is 49.1 Å². The summed E-state index contributed by atoms with van der Waals surface area (Å²) in [7, 11) is 3.87. The molecule has 2 unspecified atom stereocenters. The Labute approximate surface area is 425 Å². The number of allylic oxidation sites excluding steroid dienone is 2. The molecular weight excluding hydrogens is 893 g/mol. The van der Waals surface area contributed by atoms with Gasteiger partial charge in [-0.1, -0.05) is 112 Å². The van der Waals surface area contributed by atoms with E-state index in [9.17, 15) is 0 Å². The zero-order valence-corrected chi connectivity index (χ0v) is 43.1. The van der Waals surface area contributed by atoms with Crippen LogP contribution in [-0.2, 0) is 26.4 Å². The van der Waals surface area contributed by atoms with Crippen molar-refractivity contribution in [1.29, 1.82) is 0 Å². The van der Waals surface area contributed by atoms with Gasteiger partial charge in [0, 0.05) is 73.3 Å². The average molecular weight is 963 g/mol. The summed E-state index contributed by atoms with van der Waals surface area (Å²) in [5, 5.41) is 17.0. The summed E-state index contributed by atoms with van der Waals surface area (Å²) in [6, 6.07) is 30.3. The molecule has 2 atom stereocenters. The van der Waals surface area contributed by atoms with Crippen LogP contribution in [0.2, 0.25) is 0 Å². The highest BCUT2D eigenvalue weighted by Gasteiger charge is 2.25. The van der Waals surface area contributed by atoms with Gasteiger partial charge in [-0.25, -0.2) is 15.0 Å². The van der Waals surface area contributed by atoms with Crippen LogP contribution in [-0.4, -0.2) is 62.9 Å². The van der Waals surface area contributed by atoms with Gasteiger partial charge in [-0.05, 0) is 141 Å². The Morgan fingerprint density at radius 2 is 1.70 bits per heavy atom. The highest BCUT2D eigenvalue weighted by Crippen LogP contribution is 2.36. The molecule has 3 N–H and O–H groups in total. The standard InChI is InChI=1S/C60H70N10S/c1-10-12-17-49(42(6)61-8)58-51-25-27-56(66-59(51)68(9)67-58)62-41(5)37-69-32-29-44(30-33-69)22-21-39(3)35-45-23-24-47(40(4)36-45)50-26-28-57(64-53(50)11-2)70-34-31-46-16-15-18-48(52(46)38-70)43(7)63-60-65-54-19-13-14-20-55(54)71-60/h10-11,13-16,18-20,23-28,36,39,44,49,61H,1-2,5-7,12,17,21-22,29-35,37-38H2,3-4,8-9H3,(H,62,66)(H,63,65). The molecule has 71 heavy (non-hydrogen) atoms. The van der Waals surface area contributed by atoms with Crippen LogP contribution in [0.4, 0.5) is 16.8 Å². The third kappa shape index (κ3) is 11.2. The number of aromatic nitrogens is 5. The van der Waals surface area contributed by atoms with Gasteiger partial charge in [-0.3, -0.25) is 9.58 Å². The predicted molar refractivity (Wildman–Crippen MR) is 301 cm³/mol. The summed E-state index contributed by atoms with van der Waals surface area (Å²) in [6.45, 7) is 30.5. The lowest BCUT2D eigenvalue weighted by Gasteiger charge is -2.33. The highest BCUT2D eigenvalue weighted by atomic mass is 32.1. The van der Waals surface area contributed by atoms with Gasteiger partial charge in [0.1, 0.15) is 11.6 Å². The van der Waals surface area contributed by atoms with Gasteiger partial charge in [0.2, 0.25) is 0 Å². The molecule has 1 fully saturated rings. The summed E-state index contributed by atoms with van der Waals surface area (Å²) in [6.07, 6.45) is 12.6. The number of rotatable bonds is 21. The zero-order valence-electron chi connectivity index (χ0n) is 42.2. The van der Waals surface area contributed by atoms with E-state index in [0.29, 0.717) is 5.92 Å². The van der Waals surface area contributed by atoms with E-state index < -0.39 is 0 Å². The molecule has 0 aliphatic carbocycles. The minimum atomic E-state index is 0.0843. The lowest BCUT2D eigenvalue weighted by molar-refractivity contribution is 0.186. The molecule has 10 nitrogen and oxygen atoms in total. The van der Waals surface area contributed by atoms with Crippen LogP contribution in [0, 0.1) is 18.8 Å². The number of nitrogens with zero attached hydrogens (tertiary/aromatic N) is 7. The number of thiazole rings is 1. The van der Waals surface area contributed by atoms with Crippen LogP contribution in [0.5, 0.6) is 0 Å². The van der Waals surface area contributed by atoms with Gasteiger partial charge in [0.25, 0.3) is 0 Å². The van der Waals surface area contributed by atoms with Crippen molar-refractivity contribution in [1.82, 2.24) is 34.9 Å². The minimum Gasteiger partial charge on any atom is -0.391 e. The summed E-state index contributed by atoms with van der Waals surface area (Å²) in [5.74, 6) is 3.22. The topological polar surface area (TPSA) is 99.1 Å². The first kappa shape index (κ1) is 49.2. The minimum absolute atomic E-state index is 0.0843. The lowest BCUT2D eigenvalue weighted by Crippen LogP contribution is -2.36. The number of fused-ring (bicyclic) bond motifs is 3. The maximum Gasteiger partial charge on any atom is 0.188 e. The van der Waals surface area contributed by atoms with Gasteiger partial charge in [-0.15, -0.1) is 6.58 Å². The monoisotopic (exact) mass is 963 g/mol. The molecule has 0 amide bonds. The first-order chi connectivity index (χ1) is 34.5. The molecule has 0 saturated carbocycles. The molecule has 366 valence electrons. The van der Waals surface area contributed by atoms with Crippen LogP contribution in [0.1, 0.15) is 90.6 Å². The summed E-state index contributed by atoms with van der Waals surface area (Å²) >= 11 is 1.65. The Morgan fingerprint density at radius 3 is 2.48 bits per heavy atom. The number of piperidine rings is 1. The average Bonchev–Trinajstić information content (AvgIpc) is 3.94. The van der Waals surface area contributed by atoms with Crippen molar-refractivity contribution in [2.45, 2.75) is 77.7 Å². The number of aryl methyl sites for hydroxylation is 2. The number of pyridine rings is 2. The maximum atomic E-state index is 5.22. The smallest absolute Gasteiger partial charge is 0.188 e. The predicted octanol–water partition coefficient (Wildman–Crippen LogP) is 13.3. The molecule has 6 heterocycles. The number of para-hydroxylation sites is 1. The Balaban J connectivity index is 0.746. The van der Waals surface area contributed by atoms with Crippen LogP contribution < -0.4 is 20.9 Å². The first-order valence-electron chi connectivity index (χ1n) is 25.4. The van der Waals surface area contributed by atoms with Crippen molar-refractivity contribution in [3.8, 4) is 11.1 Å². The van der Waals surface area contributed by atoms with Crippen LogP contribution in [0.15, 0.2) is 135 Å². The van der Waals surface area contributed by atoms with Crippen molar-refractivity contribution < 1.29 is 0 Å². The fraction of sp³-hybridized carbons (Fsp3) is 0.333. The molecule has 1 saturated heterocycles. The molecule has 2 aliphatic rings. The van der Waals surface area contributed by atoms with E-state index in [1.54, 1.807) is 11.3 Å². The fourth-order valence-electron chi connectivity index (χ4n) is 10.7. The number of hydrogen-bond acceptors (Lipinski definition) is 10. The molecule has 0 bridgehead atoms. The van der Waals surface area contributed by atoms with Crippen molar-refractivity contribution >= 4 is 61.1 Å². The SMILES string of the molecule is C=CCCC(C(=C)NC)c1nn(C)c2nc(NC(=C)CN3CCC(CCC(C)Cc4ccc(-c5ccc(N6CCc7cccc(C(=C)Nc8nc9ccccc9s8)c7C6)nc5C=C)c(C)c4)CC3)ccc12. The Bertz CT molecular complexity index is 3060. The van der Waals surface area contributed by atoms with Crippen LogP contribution in [0.3, 0.4) is 0 Å². The Hall–Kier alpha value is -6.82. The summed E-state index contributed by atoms with van der Waals surface area (Å²) in [4.78, 5) is 19.9. The first-order valence-corrected chi connectivity index (χ1v) is 26.2. The lowest BCUT2D eigenvalue weighted by atomic mass is 9.86. The second kappa shape index (κ2) is 22.1. The van der Waals surface area contributed by atoms with Crippen LogP contribution >= 0.6 is 11.3 Å². The summed E-state index contributed by atoms with van der Waals surface area (Å²) in [5.41, 5.74) is 15.3. The van der Waals surface area contributed by atoms with E-state index in [4.69, 9.17) is 20.1 Å². The molecule has 7 aromatic rings. The van der Waals surface area contributed by atoms with Crippen molar-refractivity contribution in [3.63, 3.8) is 0 Å². The van der Waals surface area contributed by atoms with E-state index in [2.05, 4.69) is 139 Å². The number of hydrogen-bond donors (Lipinski definition) is 3. The molecule has 3 aromatic carbocycles. The second-order valence-electron chi connectivity index (χ2n) is 19.8. The third-order valence-corrected chi connectivity index (χ3v) is 15.6. The normalized spacial score (nSPS) is 15.0. The summed E-state index contributed by atoms with van der Waals surface area (Å²) < 4.78 is 3.03. The Kier molecular flexibility index (Phi) is 15.3. The molecule has 0 radical (unpaired) electrons. The van der Waals surface area contributed by atoms with Gasteiger partial charge in [0.15, 0.2) is 10.8 Å². The van der Waals surface area contributed by atoms with Crippen molar-refractivity contribution in [2.75, 3.05) is 48.8 Å². The number of likely N-dealkylation sites (N-methyl/N-ethyl adjacent to an activating group) is 1. The molecule has 4 aromatic heterocycles. The molecule has 0 spiro atoms. The maximum absolute atomic E-state index is 5.22. The highest BCUT2D eigenvalue weighted by molar-refractivity contribution is 7.22. The van der Waals surface area contributed by atoms with Gasteiger partial charge in [0.05, 0.1) is 21.6 Å².